The third-order valence-corrected chi connectivity index (χ3v) is 4.61. The van der Waals surface area contributed by atoms with Crippen LogP contribution < -0.4 is 0 Å². The summed E-state index contributed by atoms with van der Waals surface area (Å²) >= 11 is 3.42. The van der Waals surface area contributed by atoms with Crippen molar-refractivity contribution in [2.24, 2.45) is 0 Å². The van der Waals surface area contributed by atoms with Crippen molar-refractivity contribution in [3.8, 4) is 0 Å². The largest absolute Gasteiger partial charge is 0.331 e. The van der Waals surface area contributed by atoms with Crippen LogP contribution in [0.5, 0.6) is 0 Å². The molecule has 6 nitrogen and oxygen atoms in total. The van der Waals surface area contributed by atoms with Crippen molar-refractivity contribution in [1.29, 1.82) is 0 Å². The Bertz CT molecular complexity index is 913. The number of aromatic nitrogens is 1. The fraction of sp³-hybridized carbons (Fsp3) is 0.235. The minimum Gasteiger partial charge on any atom is -0.292 e. The molecule has 1 aromatic carbocycles. The molecule has 124 valence electrons. The van der Waals surface area contributed by atoms with Crippen LogP contribution in [0.4, 0.5) is 4.79 Å². The molecule has 7 heteroatoms. The van der Waals surface area contributed by atoms with Crippen LogP contribution in [0.2, 0.25) is 0 Å². The minimum absolute atomic E-state index is 0.0398. The van der Waals surface area contributed by atoms with Crippen molar-refractivity contribution in [2.45, 2.75) is 13.3 Å². The van der Waals surface area contributed by atoms with Gasteiger partial charge in [-0.2, -0.15) is 0 Å². The van der Waals surface area contributed by atoms with Gasteiger partial charge in [-0.15, -0.1) is 0 Å². The molecule has 0 spiro atoms. The molecule has 3 amide bonds. The third kappa shape index (κ3) is 2.45. The first-order chi connectivity index (χ1) is 11.3. The van der Waals surface area contributed by atoms with Gasteiger partial charge >= 0.3 is 6.03 Å². The Labute approximate surface area is 147 Å². The molecular weight excluding hydrogens is 374 g/mol. The van der Waals surface area contributed by atoms with Crippen LogP contribution >= 0.6 is 15.9 Å². The topological polar surface area (TPSA) is 62.6 Å². The van der Waals surface area contributed by atoms with E-state index in [1.807, 2.05) is 18.2 Å². The quantitative estimate of drug-likeness (QED) is 0.584. The maximum Gasteiger partial charge on any atom is 0.331 e. The predicted molar refractivity (Wildman–Crippen MR) is 94.5 cm³/mol. The number of amides is 3. The molecule has 0 bridgehead atoms. The molecule has 2 heterocycles. The van der Waals surface area contributed by atoms with Crippen LogP contribution in [-0.4, -0.2) is 46.3 Å². The van der Waals surface area contributed by atoms with Gasteiger partial charge in [-0.05, 0) is 18.2 Å². The highest BCUT2D eigenvalue weighted by atomic mass is 79.9. The number of hydrogen-bond donors (Lipinski definition) is 0. The molecule has 1 fully saturated rings. The van der Waals surface area contributed by atoms with Crippen LogP contribution in [0.15, 0.2) is 34.6 Å². The zero-order chi connectivity index (χ0) is 17.6. The Morgan fingerprint density at radius 1 is 1.21 bits per heavy atom. The Balaban J connectivity index is 2.21. The molecule has 2 aromatic rings. The number of urea groups is 1. The highest BCUT2D eigenvalue weighted by Crippen LogP contribution is 2.29. The number of likely N-dealkylation sites (N-methyl/N-ethyl adjacent to an activating group) is 2. The van der Waals surface area contributed by atoms with Crippen LogP contribution in [0, 0.1) is 0 Å². The summed E-state index contributed by atoms with van der Waals surface area (Å²) < 4.78 is 2.44. The minimum atomic E-state index is -0.373. The molecule has 0 atom stereocenters. The van der Waals surface area contributed by atoms with Gasteiger partial charge in [0.1, 0.15) is 5.70 Å². The van der Waals surface area contributed by atoms with Crippen molar-refractivity contribution >= 4 is 50.8 Å². The predicted octanol–water partition coefficient (Wildman–Crippen LogP) is 3.32. The van der Waals surface area contributed by atoms with E-state index in [0.717, 1.165) is 25.8 Å². The Morgan fingerprint density at radius 2 is 1.92 bits per heavy atom. The molecule has 0 saturated carbocycles. The van der Waals surface area contributed by atoms with E-state index < -0.39 is 0 Å². The lowest BCUT2D eigenvalue weighted by Crippen LogP contribution is -2.27. The highest BCUT2D eigenvalue weighted by Gasteiger charge is 2.36. The molecule has 1 saturated heterocycles. The van der Waals surface area contributed by atoms with E-state index in [1.54, 1.807) is 30.8 Å². The number of carbonyl (C=O) groups is 3. The summed E-state index contributed by atoms with van der Waals surface area (Å²) in [5.74, 6) is -0.399. The van der Waals surface area contributed by atoms with E-state index >= 15 is 0 Å². The van der Waals surface area contributed by atoms with E-state index in [9.17, 15) is 14.4 Å². The van der Waals surface area contributed by atoms with Gasteiger partial charge in [0.25, 0.3) is 5.91 Å². The van der Waals surface area contributed by atoms with Crippen molar-refractivity contribution in [3.05, 3.63) is 40.1 Å². The summed E-state index contributed by atoms with van der Waals surface area (Å²) in [6.07, 6.45) is 3.73. The monoisotopic (exact) mass is 389 g/mol. The molecule has 1 aromatic heterocycles. The normalized spacial score (nSPS) is 16.8. The summed E-state index contributed by atoms with van der Waals surface area (Å²) in [5, 5.41) is 0.843. The second kappa shape index (κ2) is 5.90. The van der Waals surface area contributed by atoms with Gasteiger partial charge in [-0.1, -0.05) is 28.9 Å². The fourth-order valence-corrected chi connectivity index (χ4v) is 3.10. The third-order valence-electron chi connectivity index (χ3n) is 4.12. The molecule has 0 unspecified atom stereocenters. The highest BCUT2D eigenvalue weighted by molar-refractivity contribution is 9.10. The van der Waals surface area contributed by atoms with E-state index in [2.05, 4.69) is 15.9 Å². The first kappa shape index (κ1) is 16.4. The SMILES string of the molecule is CCC(=O)n1cc(/C=C2\C(=O)N(C)C(=O)N2C)c2ccc(Br)cc21. The average Bonchev–Trinajstić information content (AvgIpc) is 3.01. The van der Waals surface area contributed by atoms with Gasteiger partial charge in [-0.3, -0.25) is 24.0 Å². The second-order valence-corrected chi connectivity index (χ2v) is 6.51. The van der Waals surface area contributed by atoms with Crippen molar-refractivity contribution < 1.29 is 14.4 Å². The Morgan fingerprint density at radius 3 is 2.50 bits per heavy atom. The van der Waals surface area contributed by atoms with Gasteiger partial charge in [0, 0.05) is 42.1 Å². The fourth-order valence-electron chi connectivity index (χ4n) is 2.75. The number of carbonyl (C=O) groups excluding carboxylic acids is 3. The summed E-state index contributed by atoms with van der Waals surface area (Å²) in [5.41, 5.74) is 1.77. The lowest BCUT2D eigenvalue weighted by Gasteiger charge is -2.07. The van der Waals surface area contributed by atoms with Crippen LogP contribution in [0.1, 0.15) is 23.7 Å². The van der Waals surface area contributed by atoms with Crippen molar-refractivity contribution in [2.75, 3.05) is 14.1 Å². The number of benzene rings is 1. The standard InChI is InChI=1S/C17H16BrN3O3/c1-4-15(22)21-9-10(12-6-5-11(18)8-13(12)21)7-14-16(23)20(3)17(24)19(14)2/h5-9H,4H2,1-3H3/b14-7+. The van der Waals surface area contributed by atoms with E-state index in [1.165, 1.54) is 11.9 Å². The van der Waals surface area contributed by atoms with Crippen LogP contribution in [0.3, 0.4) is 0 Å². The smallest absolute Gasteiger partial charge is 0.292 e. The molecule has 0 aliphatic carbocycles. The summed E-state index contributed by atoms with van der Waals surface area (Å²) in [7, 11) is 3.01. The lowest BCUT2D eigenvalue weighted by molar-refractivity contribution is -0.122. The van der Waals surface area contributed by atoms with Gasteiger partial charge in [-0.25, -0.2) is 4.79 Å². The first-order valence-electron chi connectivity index (χ1n) is 7.46. The zero-order valence-electron chi connectivity index (χ0n) is 13.5. The van der Waals surface area contributed by atoms with Gasteiger partial charge in [0.05, 0.1) is 5.52 Å². The summed E-state index contributed by atoms with van der Waals surface area (Å²) in [6.45, 7) is 1.80. The molecular formula is C17H16BrN3O3. The van der Waals surface area contributed by atoms with E-state index in [4.69, 9.17) is 0 Å². The summed E-state index contributed by atoms with van der Waals surface area (Å²) in [4.78, 5) is 38.7. The Kier molecular flexibility index (Phi) is 4.04. The molecule has 3 rings (SSSR count). The van der Waals surface area contributed by atoms with Crippen molar-refractivity contribution in [3.63, 3.8) is 0 Å². The molecule has 24 heavy (non-hydrogen) atoms. The molecule has 1 aliphatic heterocycles. The number of rotatable bonds is 2. The van der Waals surface area contributed by atoms with Gasteiger partial charge < -0.3 is 0 Å². The van der Waals surface area contributed by atoms with Gasteiger partial charge in [0.2, 0.25) is 5.91 Å². The first-order valence-corrected chi connectivity index (χ1v) is 8.25. The zero-order valence-corrected chi connectivity index (χ0v) is 15.1. The van der Waals surface area contributed by atoms with E-state index in [0.29, 0.717) is 6.42 Å². The number of halogens is 1. The number of nitrogens with zero attached hydrogens (tertiary/aromatic N) is 3. The molecule has 0 N–H and O–H groups in total. The van der Waals surface area contributed by atoms with E-state index in [-0.39, 0.29) is 23.5 Å². The summed E-state index contributed by atoms with van der Waals surface area (Å²) in [6, 6.07) is 5.25. The van der Waals surface area contributed by atoms with Gasteiger partial charge in [0.15, 0.2) is 0 Å². The Hall–Kier alpha value is -2.41. The average molecular weight is 390 g/mol. The van der Waals surface area contributed by atoms with Crippen LogP contribution in [0.25, 0.3) is 17.0 Å². The van der Waals surface area contributed by atoms with Crippen molar-refractivity contribution in [1.82, 2.24) is 14.4 Å². The maximum atomic E-state index is 12.2. The second-order valence-electron chi connectivity index (χ2n) is 5.60. The van der Waals surface area contributed by atoms with Crippen LogP contribution in [-0.2, 0) is 4.79 Å². The molecule has 0 radical (unpaired) electrons. The number of hydrogen-bond acceptors (Lipinski definition) is 3. The number of imide groups is 1. The maximum absolute atomic E-state index is 12.2. The lowest BCUT2D eigenvalue weighted by atomic mass is 10.1. The molecule has 1 aliphatic rings. The number of fused-ring (bicyclic) bond motifs is 1.